The van der Waals surface area contributed by atoms with Crippen LogP contribution < -0.4 is 0 Å². The third kappa shape index (κ3) is 3.31. The molecular formula is C15H10F3NO4. The lowest BCUT2D eigenvalue weighted by Crippen LogP contribution is -2.08. The van der Waals surface area contributed by atoms with Crippen molar-refractivity contribution in [3.05, 3.63) is 63.7 Å². The molecule has 0 aromatic heterocycles. The molecule has 2 rings (SSSR count). The minimum Gasteiger partial charge on any atom is -0.465 e. The first-order valence-corrected chi connectivity index (χ1v) is 6.29. The Hall–Kier alpha value is -2.90. The van der Waals surface area contributed by atoms with Crippen LogP contribution in [0.1, 0.15) is 15.9 Å². The van der Waals surface area contributed by atoms with Crippen molar-refractivity contribution in [1.82, 2.24) is 0 Å². The number of nitro groups is 1. The SMILES string of the molecule is COC(=O)c1ccc(-c2ccccc2C(F)(F)F)cc1[N+](=O)[O-]. The fourth-order valence-electron chi connectivity index (χ4n) is 2.11. The van der Waals surface area contributed by atoms with E-state index < -0.39 is 28.3 Å². The Morgan fingerprint density at radius 1 is 1.17 bits per heavy atom. The van der Waals surface area contributed by atoms with E-state index in [1.807, 2.05) is 0 Å². The predicted octanol–water partition coefficient (Wildman–Crippen LogP) is 4.07. The second-order valence-corrected chi connectivity index (χ2v) is 4.52. The molecule has 0 aliphatic carbocycles. The summed E-state index contributed by atoms with van der Waals surface area (Å²) in [6.45, 7) is 0. The van der Waals surface area contributed by atoms with Crippen molar-refractivity contribution >= 4 is 11.7 Å². The first-order chi connectivity index (χ1) is 10.8. The summed E-state index contributed by atoms with van der Waals surface area (Å²) in [5, 5.41) is 11.1. The number of nitro benzene ring substituents is 1. The molecule has 0 amide bonds. The Bertz CT molecular complexity index is 772. The average molecular weight is 325 g/mol. The molecule has 0 saturated heterocycles. The van der Waals surface area contributed by atoms with Gasteiger partial charge >= 0.3 is 12.1 Å². The quantitative estimate of drug-likeness (QED) is 0.484. The number of hydrogen-bond acceptors (Lipinski definition) is 4. The molecule has 2 aromatic rings. The zero-order valence-corrected chi connectivity index (χ0v) is 11.8. The molecule has 0 bridgehead atoms. The lowest BCUT2D eigenvalue weighted by molar-refractivity contribution is -0.385. The van der Waals surface area contributed by atoms with E-state index in [1.54, 1.807) is 0 Å². The van der Waals surface area contributed by atoms with E-state index in [4.69, 9.17) is 0 Å². The predicted molar refractivity (Wildman–Crippen MR) is 74.9 cm³/mol. The van der Waals surface area contributed by atoms with Gasteiger partial charge in [-0.2, -0.15) is 13.2 Å². The van der Waals surface area contributed by atoms with Crippen molar-refractivity contribution in [2.75, 3.05) is 7.11 Å². The molecule has 5 nitrogen and oxygen atoms in total. The molecule has 0 aliphatic rings. The zero-order chi connectivity index (χ0) is 17.2. The van der Waals surface area contributed by atoms with Crippen LogP contribution in [-0.4, -0.2) is 18.0 Å². The highest BCUT2D eigenvalue weighted by molar-refractivity contribution is 5.95. The molecule has 0 radical (unpaired) electrons. The van der Waals surface area contributed by atoms with E-state index in [0.29, 0.717) is 0 Å². The summed E-state index contributed by atoms with van der Waals surface area (Å²) in [6, 6.07) is 7.93. The van der Waals surface area contributed by atoms with Gasteiger partial charge in [-0.15, -0.1) is 0 Å². The molecule has 120 valence electrons. The molecular weight excluding hydrogens is 315 g/mol. The minimum atomic E-state index is -4.60. The van der Waals surface area contributed by atoms with Crippen LogP contribution in [0.15, 0.2) is 42.5 Å². The number of methoxy groups -OCH3 is 1. The number of hydrogen-bond donors (Lipinski definition) is 0. The van der Waals surface area contributed by atoms with Gasteiger partial charge in [0.15, 0.2) is 0 Å². The van der Waals surface area contributed by atoms with Gasteiger partial charge in [-0.05, 0) is 23.3 Å². The molecule has 0 heterocycles. The van der Waals surface area contributed by atoms with Crippen LogP contribution in [0.4, 0.5) is 18.9 Å². The standard InChI is InChI=1S/C15H10F3NO4/c1-23-14(20)11-7-6-9(8-13(11)19(21)22)10-4-2-3-5-12(10)15(16,17)18/h2-8H,1H3. The van der Waals surface area contributed by atoms with Gasteiger partial charge in [-0.3, -0.25) is 10.1 Å². The second kappa shape index (κ2) is 6.07. The van der Waals surface area contributed by atoms with E-state index in [0.717, 1.165) is 25.3 Å². The number of alkyl halides is 3. The fourth-order valence-corrected chi connectivity index (χ4v) is 2.11. The number of carbonyl (C=O) groups excluding carboxylic acids is 1. The van der Waals surface area contributed by atoms with Crippen molar-refractivity contribution in [1.29, 1.82) is 0 Å². The van der Waals surface area contributed by atoms with Crippen molar-refractivity contribution in [2.24, 2.45) is 0 Å². The van der Waals surface area contributed by atoms with Gasteiger partial charge in [0.05, 0.1) is 17.6 Å². The van der Waals surface area contributed by atoms with Crippen molar-refractivity contribution < 1.29 is 27.6 Å². The van der Waals surface area contributed by atoms with Crippen LogP contribution in [0.25, 0.3) is 11.1 Å². The van der Waals surface area contributed by atoms with E-state index in [2.05, 4.69) is 4.74 Å². The lowest BCUT2D eigenvalue weighted by atomic mass is 9.97. The van der Waals surface area contributed by atoms with Crippen molar-refractivity contribution in [3.8, 4) is 11.1 Å². The third-order valence-corrected chi connectivity index (χ3v) is 3.14. The molecule has 0 N–H and O–H groups in total. The maximum atomic E-state index is 13.0. The van der Waals surface area contributed by atoms with Gasteiger partial charge in [0.25, 0.3) is 5.69 Å². The minimum absolute atomic E-state index is 0.0164. The second-order valence-electron chi connectivity index (χ2n) is 4.52. The molecule has 2 aromatic carbocycles. The number of rotatable bonds is 3. The zero-order valence-electron chi connectivity index (χ0n) is 11.8. The van der Waals surface area contributed by atoms with Gasteiger partial charge in [0, 0.05) is 6.07 Å². The summed E-state index contributed by atoms with van der Waals surface area (Å²) < 4.78 is 43.6. The van der Waals surface area contributed by atoms with E-state index in [9.17, 15) is 28.1 Å². The number of nitrogens with zero attached hydrogens (tertiary/aromatic N) is 1. The normalized spacial score (nSPS) is 11.1. The molecule has 23 heavy (non-hydrogen) atoms. The summed E-state index contributed by atoms with van der Waals surface area (Å²) in [5.74, 6) is -0.938. The smallest absolute Gasteiger partial charge is 0.417 e. The first-order valence-electron chi connectivity index (χ1n) is 6.29. The Kier molecular flexibility index (Phi) is 4.35. The molecule has 0 atom stereocenters. The van der Waals surface area contributed by atoms with Gasteiger partial charge in [-0.1, -0.05) is 24.3 Å². The lowest BCUT2D eigenvalue weighted by Gasteiger charge is -2.13. The fraction of sp³-hybridized carbons (Fsp3) is 0.133. The maximum Gasteiger partial charge on any atom is 0.417 e. The summed E-state index contributed by atoms with van der Waals surface area (Å²) >= 11 is 0. The monoisotopic (exact) mass is 325 g/mol. The Morgan fingerprint density at radius 2 is 1.83 bits per heavy atom. The molecule has 0 spiro atoms. The van der Waals surface area contributed by atoms with Crippen molar-refractivity contribution in [3.63, 3.8) is 0 Å². The first kappa shape index (κ1) is 16.5. The number of benzene rings is 2. The Morgan fingerprint density at radius 3 is 2.39 bits per heavy atom. The summed E-state index contributed by atoms with van der Waals surface area (Å²) in [7, 11) is 1.05. The van der Waals surface area contributed by atoms with Gasteiger partial charge in [0.2, 0.25) is 0 Å². The van der Waals surface area contributed by atoms with Crippen LogP contribution in [0.2, 0.25) is 0 Å². The highest BCUT2D eigenvalue weighted by Crippen LogP contribution is 2.38. The van der Waals surface area contributed by atoms with E-state index in [1.165, 1.54) is 24.3 Å². The summed E-state index contributed by atoms with van der Waals surface area (Å²) in [4.78, 5) is 21.7. The number of esters is 1. The number of carbonyl (C=O) groups is 1. The van der Waals surface area contributed by atoms with Crippen molar-refractivity contribution in [2.45, 2.75) is 6.18 Å². The average Bonchev–Trinajstić information content (AvgIpc) is 2.52. The molecule has 0 aliphatic heterocycles. The van der Waals surface area contributed by atoms with Crippen LogP contribution in [0, 0.1) is 10.1 Å². The van der Waals surface area contributed by atoms with Gasteiger partial charge < -0.3 is 4.74 Å². The van der Waals surface area contributed by atoms with E-state index in [-0.39, 0.29) is 16.7 Å². The topological polar surface area (TPSA) is 69.4 Å². The van der Waals surface area contributed by atoms with Gasteiger partial charge in [0.1, 0.15) is 5.56 Å². The van der Waals surface area contributed by atoms with Crippen LogP contribution in [0.5, 0.6) is 0 Å². The Labute approximate surface area is 128 Å². The summed E-state index contributed by atoms with van der Waals surface area (Å²) in [5.41, 5.74) is -2.09. The number of halogens is 3. The molecule has 0 unspecified atom stereocenters. The van der Waals surface area contributed by atoms with Crippen LogP contribution in [-0.2, 0) is 10.9 Å². The largest absolute Gasteiger partial charge is 0.465 e. The molecule has 0 fully saturated rings. The van der Waals surface area contributed by atoms with Crippen LogP contribution in [0.3, 0.4) is 0 Å². The highest BCUT2D eigenvalue weighted by atomic mass is 19.4. The molecule has 0 saturated carbocycles. The molecule has 8 heteroatoms. The third-order valence-electron chi connectivity index (χ3n) is 3.14. The van der Waals surface area contributed by atoms with Crippen LogP contribution >= 0.6 is 0 Å². The van der Waals surface area contributed by atoms with Gasteiger partial charge in [-0.25, -0.2) is 4.79 Å². The highest BCUT2D eigenvalue weighted by Gasteiger charge is 2.34. The summed E-state index contributed by atoms with van der Waals surface area (Å²) in [6.07, 6.45) is -4.60. The maximum absolute atomic E-state index is 13.0. The van der Waals surface area contributed by atoms with E-state index >= 15 is 0 Å². The Balaban J connectivity index is 2.65. The number of ether oxygens (including phenoxy) is 1.